The number of nitro groups is 1. The van der Waals surface area contributed by atoms with Crippen LogP contribution in [-0.4, -0.2) is 29.1 Å². The third-order valence-electron chi connectivity index (χ3n) is 3.81. The van der Waals surface area contributed by atoms with E-state index in [1.807, 2.05) is 27.7 Å². The number of esters is 1. The number of nitrogens with one attached hydrogen (secondary N) is 1. The Kier molecular flexibility index (Phi) is 10.2. The van der Waals surface area contributed by atoms with Crippen molar-refractivity contribution in [2.75, 3.05) is 7.11 Å². The molecule has 2 N–H and O–H groups in total. The van der Waals surface area contributed by atoms with E-state index in [-0.39, 0.29) is 16.8 Å². The average Bonchev–Trinajstić information content (AvgIpc) is 2.69. The van der Waals surface area contributed by atoms with E-state index in [1.165, 1.54) is 25.3 Å². The number of carboxylic acid groups (broad SMARTS) is 1. The Morgan fingerprint density at radius 2 is 1.64 bits per heavy atom. The number of aliphatic carboxylic acids is 1. The quantitative estimate of drug-likeness (QED) is 0.449. The molecule has 0 saturated heterocycles. The van der Waals surface area contributed by atoms with Gasteiger partial charge in [0.1, 0.15) is 0 Å². The highest BCUT2D eigenvalue weighted by Crippen LogP contribution is 2.39. The van der Waals surface area contributed by atoms with Crippen LogP contribution in [0, 0.1) is 10.1 Å². The minimum absolute atomic E-state index is 0.0542. The van der Waals surface area contributed by atoms with Crippen LogP contribution in [-0.2, 0) is 14.3 Å². The number of non-ortho nitro benzene ring substituents is 1. The summed E-state index contributed by atoms with van der Waals surface area (Å²) in [7, 11) is 1.19. The molecule has 0 radical (unpaired) electrons. The fourth-order valence-electron chi connectivity index (χ4n) is 2.81. The standard InChI is InChI=1S/C16H16N2O6.2C2H6/c1-8-12(15(19)20)14(13(9(2)17-8)16(21)24-3)10-5-4-6-11(7-10)18(22)23;2*1-2/h4-7,14,17H,1-3H3,(H,19,20);2*1-2H3. The van der Waals surface area contributed by atoms with Gasteiger partial charge in [0.25, 0.3) is 5.69 Å². The van der Waals surface area contributed by atoms with Gasteiger partial charge in [-0.15, -0.1) is 0 Å². The van der Waals surface area contributed by atoms with Gasteiger partial charge in [0, 0.05) is 23.5 Å². The lowest BCUT2D eigenvalue weighted by Gasteiger charge is -2.29. The van der Waals surface area contributed by atoms with Crippen LogP contribution in [0.2, 0.25) is 0 Å². The number of nitro benzene ring substituents is 1. The van der Waals surface area contributed by atoms with Crippen LogP contribution in [0.25, 0.3) is 0 Å². The van der Waals surface area contributed by atoms with Crippen molar-refractivity contribution in [3.63, 3.8) is 0 Å². The number of nitrogens with zero attached hydrogens (tertiary/aromatic N) is 1. The SMILES string of the molecule is CC.CC.COC(=O)C1=C(C)NC(C)=C(C(=O)O)C1c1cccc([N+](=O)[O-])c1. The van der Waals surface area contributed by atoms with Crippen LogP contribution in [0.1, 0.15) is 53.0 Å². The van der Waals surface area contributed by atoms with Crippen molar-refractivity contribution in [2.24, 2.45) is 0 Å². The topological polar surface area (TPSA) is 119 Å². The molecular weight excluding hydrogens is 364 g/mol. The number of carboxylic acids is 1. The maximum atomic E-state index is 12.2. The Morgan fingerprint density at radius 1 is 1.11 bits per heavy atom. The van der Waals surface area contributed by atoms with Crippen molar-refractivity contribution in [2.45, 2.75) is 47.5 Å². The van der Waals surface area contributed by atoms with E-state index >= 15 is 0 Å². The van der Waals surface area contributed by atoms with Crippen LogP contribution < -0.4 is 5.32 Å². The molecule has 28 heavy (non-hydrogen) atoms. The first-order valence-corrected chi connectivity index (χ1v) is 9.02. The van der Waals surface area contributed by atoms with Crippen LogP contribution in [0.4, 0.5) is 5.69 Å². The Labute approximate surface area is 165 Å². The summed E-state index contributed by atoms with van der Waals surface area (Å²) in [5.74, 6) is -2.87. The molecule has 0 aliphatic carbocycles. The van der Waals surface area contributed by atoms with Crippen LogP contribution in [0.3, 0.4) is 0 Å². The van der Waals surface area contributed by atoms with E-state index in [4.69, 9.17) is 4.74 Å². The summed E-state index contributed by atoms with van der Waals surface area (Å²) in [6.45, 7) is 11.2. The monoisotopic (exact) mass is 392 g/mol. The molecule has 1 heterocycles. The van der Waals surface area contributed by atoms with Crippen molar-refractivity contribution < 1.29 is 24.4 Å². The third-order valence-corrected chi connectivity index (χ3v) is 3.81. The summed E-state index contributed by atoms with van der Waals surface area (Å²) >= 11 is 0. The predicted octanol–water partition coefficient (Wildman–Crippen LogP) is 4.14. The highest BCUT2D eigenvalue weighted by molar-refractivity contribution is 5.99. The van der Waals surface area contributed by atoms with Gasteiger partial charge in [-0.05, 0) is 19.4 Å². The van der Waals surface area contributed by atoms with Gasteiger partial charge < -0.3 is 15.2 Å². The summed E-state index contributed by atoms with van der Waals surface area (Å²) in [4.78, 5) is 34.3. The summed E-state index contributed by atoms with van der Waals surface area (Å²) in [5.41, 5.74) is 1.02. The second-order valence-electron chi connectivity index (χ2n) is 5.28. The number of carbonyl (C=O) groups is 2. The van der Waals surface area contributed by atoms with Gasteiger partial charge in [-0.25, -0.2) is 9.59 Å². The number of ether oxygens (including phenoxy) is 1. The summed E-state index contributed by atoms with van der Waals surface area (Å²) in [6, 6.07) is 5.57. The van der Waals surface area contributed by atoms with Crippen LogP contribution in [0.15, 0.2) is 46.8 Å². The molecule has 8 nitrogen and oxygen atoms in total. The van der Waals surface area contributed by atoms with E-state index in [2.05, 4.69) is 5.32 Å². The molecule has 8 heteroatoms. The van der Waals surface area contributed by atoms with Crippen LogP contribution >= 0.6 is 0 Å². The first-order valence-electron chi connectivity index (χ1n) is 9.02. The number of hydrogen-bond acceptors (Lipinski definition) is 6. The molecule has 0 bridgehead atoms. The van der Waals surface area contributed by atoms with Crippen LogP contribution in [0.5, 0.6) is 0 Å². The van der Waals surface area contributed by atoms with Gasteiger partial charge >= 0.3 is 11.9 Å². The first-order chi connectivity index (χ1) is 13.3. The van der Waals surface area contributed by atoms with E-state index in [1.54, 1.807) is 19.9 Å². The number of benzene rings is 1. The lowest BCUT2D eigenvalue weighted by atomic mass is 9.80. The van der Waals surface area contributed by atoms with Gasteiger partial charge in [0.15, 0.2) is 0 Å². The maximum Gasteiger partial charge on any atom is 0.336 e. The fraction of sp³-hybridized carbons (Fsp3) is 0.400. The second kappa shape index (κ2) is 11.5. The molecule has 0 fully saturated rings. The number of hydrogen-bond donors (Lipinski definition) is 2. The molecule has 0 spiro atoms. The van der Waals surface area contributed by atoms with Gasteiger partial charge in [0.05, 0.1) is 29.1 Å². The zero-order chi connectivity index (χ0) is 22.0. The molecule has 1 aromatic rings. The highest BCUT2D eigenvalue weighted by atomic mass is 16.6. The molecule has 1 atom stereocenters. The average molecular weight is 392 g/mol. The molecule has 2 rings (SSSR count). The van der Waals surface area contributed by atoms with E-state index in [9.17, 15) is 24.8 Å². The largest absolute Gasteiger partial charge is 0.478 e. The Morgan fingerprint density at radius 3 is 2.11 bits per heavy atom. The predicted molar refractivity (Wildman–Crippen MR) is 107 cm³/mol. The van der Waals surface area contributed by atoms with Crippen molar-refractivity contribution in [3.8, 4) is 0 Å². The molecule has 1 aliphatic rings. The van der Waals surface area contributed by atoms with E-state index < -0.39 is 22.8 Å². The van der Waals surface area contributed by atoms with Gasteiger partial charge in [-0.3, -0.25) is 10.1 Å². The molecule has 0 amide bonds. The maximum absolute atomic E-state index is 12.2. The molecule has 0 saturated carbocycles. The number of rotatable bonds is 4. The number of allylic oxidation sites excluding steroid dienone is 2. The van der Waals surface area contributed by atoms with Crippen molar-refractivity contribution >= 4 is 17.6 Å². The minimum atomic E-state index is -1.22. The Hall–Kier alpha value is -3.16. The Bertz CT molecular complexity index is 796. The van der Waals surface area contributed by atoms with Crippen molar-refractivity contribution in [3.05, 3.63) is 62.5 Å². The molecule has 1 aromatic carbocycles. The third kappa shape index (κ3) is 5.42. The molecule has 1 aliphatic heterocycles. The second-order valence-corrected chi connectivity index (χ2v) is 5.28. The Balaban J connectivity index is 0.00000171. The number of dihydropyridines is 1. The molecule has 0 aromatic heterocycles. The fourth-order valence-corrected chi connectivity index (χ4v) is 2.81. The summed E-state index contributed by atoms with van der Waals surface area (Å²) in [5, 5.41) is 23.4. The molecule has 154 valence electrons. The van der Waals surface area contributed by atoms with Gasteiger partial charge in [-0.1, -0.05) is 39.8 Å². The zero-order valence-electron chi connectivity index (χ0n) is 17.3. The van der Waals surface area contributed by atoms with Gasteiger partial charge in [-0.2, -0.15) is 0 Å². The molecule has 1 unspecified atom stereocenters. The minimum Gasteiger partial charge on any atom is -0.478 e. The molecular formula is C20H28N2O6. The summed E-state index contributed by atoms with van der Waals surface area (Å²) in [6.07, 6.45) is 0. The summed E-state index contributed by atoms with van der Waals surface area (Å²) < 4.78 is 4.77. The normalized spacial score (nSPS) is 15.3. The number of methoxy groups -OCH3 is 1. The lowest BCUT2D eigenvalue weighted by Crippen LogP contribution is -2.31. The number of carbonyl (C=O) groups excluding carboxylic acids is 1. The highest BCUT2D eigenvalue weighted by Gasteiger charge is 2.37. The van der Waals surface area contributed by atoms with E-state index in [0.717, 1.165) is 0 Å². The zero-order valence-corrected chi connectivity index (χ0v) is 17.3. The van der Waals surface area contributed by atoms with E-state index in [0.29, 0.717) is 17.0 Å². The van der Waals surface area contributed by atoms with Crippen molar-refractivity contribution in [1.29, 1.82) is 0 Å². The van der Waals surface area contributed by atoms with Crippen molar-refractivity contribution in [1.82, 2.24) is 5.32 Å². The lowest BCUT2D eigenvalue weighted by molar-refractivity contribution is -0.384. The smallest absolute Gasteiger partial charge is 0.336 e. The first kappa shape index (κ1) is 24.8. The van der Waals surface area contributed by atoms with Gasteiger partial charge in [0.2, 0.25) is 0 Å².